The summed E-state index contributed by atoms with van der Waals surface area (Å²) >= 11 is 0. The van der Waals surface area contributed by atoms with Gasteiger partial charge >= 0.3 is 5.69 Å². The Labute approximate surface area is 292 Å². The summed E-state index contributed by atoms with van der Waals surface area (Å²) in [4.78, 5) is 19.4. The summed E-state index contributed by atoms with van der Waals surface area (Å²) in [5.74, 6) is -2.70. The molecule has 0 saturated heterocycles. The van der Waals surface area contributed by atoms with E-state index in [9.17, 15) is 57.2 Å². The Morgan fingerprint density at radius 3 is 1.98 bits per heavy atom. The Kier molecular flexibility index (Phi) is 10.2. The number of aromatic amines is 1. The van der Waals surface area contributed by atoms with Crippen LogP contribution in [0.15, 0.2) is 101 Å². The first kappa shape index (κ1) is 37.8. The highest BCUT2D eigenvalue weighted by atomic mass is 32.2. The number of fused-ring (bicyclic) bond motifs is 1. The number of rotatable bonds is 12. The van der Waals surface area contributed by atoms with Crippen molar-refractivity contribution < 1.29 is 57.5 Å². The number of aliphatic hydroxyl groups is 1. The first-order valence-corrected chi connectivity index (χ1v) is 19.9. The lowest BCUT2D eigenvalue weighted by atomic mass is 10.1. The van der Waals surface area contributed by atoms with Gasteiger partial charge in [-0.1, -0.05) is 12.1 Å². The number of phenolic OH excluding ortho intramolecular Hbond substituents is 1. The number of aromatic hydroxyl groups is 1. The fourth-order valence-electron chi connectivity index (χ4n) is 4.61. The molecule has 274 valence electrons. The third-order valence-electron chi connectivity index (χ3n) is 6.84. The largest absolute Gasteiger partial charge is 0.505 e. The molecule has 0 bridgehead atoms. The minimum absolute atomic E-state index is 0.0713. The van der Waals surface area contributed by atoms with E-state index in [0.29, 0.717) is 6.07 Å². The molecule has 0 spiro atoms. The third-order valence-corrected chi connectivity index (χ3v) is 11.2. The molecule has 0 fully saturated rings. The van der Waals surface area contributed by atoms with Gasteiger partial charge in [0, 0.05) is 5.39 Å². The predicted molar refractivity (Wildman–Crippen MR) is 180 cm³/mol. The Hall–Kier alpha value is -5.41. The summed E-state index contributed by atoms with van der Waals surface area (Å²) in [6.07, 6.45) is 0. The molecule has 25 heteroatoms. The van der Waals surface area contributed by atoms with Gasteiger partial charge in [0.2, 0.25) is 11.9 Å². The average Bonchev–Trinajstić information content (AvgIpc) is 3.03. The molecule has 0 saturated carbocycles. The summed E-state index contributed by atoms with van der Waals surface area (Å²) < 4.78 is 127. The zero-order valence-corrected chi connectivity index (χ0v) is 28.9. The standard InChI is InChI=1S/C27H23N7O14S4/c35-9-10-49(38,39)16-7-5-15(6-8-16)33-34-23-21(52(46,47)48)12-14-11-17(50(40,41)42)13-19(22(14)24(23)36)29-26-30-25(31-27(37)32-26)28-18-3-1-2-4-20(18)51(43,44)45/h1-8,11-13,35-36H,9-10H2,(H,40,41,42)(H,43,44,45)(H,46,47,48)(H3,28,29,30,31,32,37). The smallest absolute Gasteiger partial charge is 0.351 e. The van der Waals surface area contributed by atoms with Crippen LogP contribution >= 0.6 is 0 Å². The summed E-state index contributed by atoms with van der Waals surface area (Å²) in [5, 5.41) is 32.0. The molecule has 0 aliphatic heterocycles. The lowest BCUT2D eigenvalue weighted by Gasteiger charge is -2.15. The maximum atomic E-state index is 12.5. The molecular weight excluding hydrogens is 775 g/mol. The number of hydrogen-bond acceptors (Lipinski definition) is 17. The molecule has 0 unspecified atom stereocenters. The number of sulfone groups is 1. The lowest BCUT2D eigenvalue weighted by Crippen LogP contribution is -2.17. The molecule has 0 amide bonds. The molecule has 0 aliphatic carbocycles. The van der Waals surface area contributed by atoms with Crippen molar-refractivity contribution in [3.8, 4) is 5.75 Å². The number of benzene rings is 4. The fraction of sp³-hybridized carbons (Fsp3) is 0.0741. The molecule has 0 aliphatic rings. The van der Waals surface area contributed by atoms with E-state index in [-0.39, 0.29) is 16.3 Å². The Morgan fingerprint density at radius 1 is 0.712 bits per heavy atom. The fourth-order valence-corrected chi connectivity index (χ4v) is 7.48. The SMILES string of the molecule is O=c1nc(Nc2ccccc2S(=O)(=O)O)nc(Nc2cc(S(=O)(=O)O)cc3cc(S(=O)(=O)O)c(N=Nc4ccc(S(=O)(=O)CCO)cc4)c(O)c23)[nH]1. The minimum Gasteiger partial charge on any atom is -0.505 e. The van der Waals surface area contributed by atoms with Crippen LogP contribution < -0.4 is 16.3 Å². The second kappa shape index (κ2) is 14.0. The molecule has 0 atom stereocenters. The highest BCUT2D eigenvalue weighted by Crippen LogP contribution is 2.45. The molecule has 1 heterocycles. The predicted octanol–water partition coefficient (Wildman–Crippen LogP) is 2.43. The van der Waals surface area contributed by atoms with E-state index in [2.05, 4.69) is 35.8 Å². The second-order valence-electron chi connectivity index (χ2n) is 10.4. The summed E-state index contributed by atoms with van der Waals surface area (Å²) in [7, 11) is -18.9. The average molecular weight is 798 g/mol. The normalized spacial score (nSPS) is 12.7. The summed E-state index contributed by atoms with van der Waals surface area (Å²) in [6.45, 7) is -0.636. The van der Waals surface area contributed by atoms with Gasteiger partial charge in [0.15, 0.2) is 15.6 Å². The molecule has 1 aromatic heterocycles. The van der Waals surface area contributed by atoms with Gasteiger partial charge in [-0.05, 0) is 60.0 Å². The van der Waals surface area contributed by atoms with Gasteiger partial charge in [-0.25, -0.2) is 13.2 Å². The van der Waals surface area contributed by atoms with Crippen LogP contribution in [-0.4, -0.2) is 84.9 Å². The maximum Gasteiger partial charge on any atom is 0.351 e. The number of hydrogen-bond donors (Lipinski definition) is 8. The van der Waals surface area contributed by atoms with E-state index < -0.39 is 113 Å². The van der Waals surface area contributed by atoms with Gasteiger partial charge in [0.1, 0.15) is 15.5 Å². The van der Waals surface area contributed by atoms with E-state index in [1.807, 2.05) is 0 Å². The number of nitrogens with zero attached hydrogens (tertiary/aromatic N) is 4. The van der Waals surface area contributed by atoms with Crippen LogP contribution in [0.1, 0.15) is 0 Å². The first-order chi connectivity index (χ1) is 24.2. The number of azo groups is 1. The minimum atomic E-state index is -5.25. The van der Waals surface area contributed by atoms with E-state index in [1.54, 1.807) is 0 Å². The van der Waals surface area contributed by atoms with Crippen molar-refractivity contribution in [1.29, 1.82) is 0 Å². The van der Waals surface area contributed by atoms with Crippen LogP contribution in [0.25, 0.3) is 10.8 Å². The van der Waals surface area contributed by atoms with Crippen LogP contribution in [0.4, 0.5) is 34.6 Å². The van der Waals surface area contributed by atoms with Crippen molar-refractivity contribution in [3.05, 3.63) is 77.2 Å². The first-order valence-electron chi connectivity index (χ1n) is 13.9. The van der Waals surface area contributed by atoms with Crippen molar-refractivity contribution in [1.82, 2.24) is 15.0 Å². The van der Waals surface area contributed by atoms with Gasteiger partial charge in [-0.3, -0.25) is 18.6 Å². The van der Waals surface area contributed by atoms with Gasteiger partial charge in [0.25, 0.3) is 30.4 Å². The molecule has 4 aromatic carbocycles. The van der Waals surface area contributed by atoms with Gasteiger partial charge < -0.3 is 20.8 Å². The number of aliphatic hydroxyl groups excluding tert-OH is 1. The maximum absolute atomic E-state index is 12.5. The lowest BCUT2D eigenvalue weighted by molar-refractivity contribution is 0.319. The van der Waals surface area contributed by atoms with Crippen LogP contribution in [0.5, 0.6) is 5.75 Å². The van der Waals surface area contributed by atoms with Gasteiger partial charge in [0.05, 0.1) is 39.2 Å². The van der Waals surface area contributed by atoms with Crippen molar-refractivity contribution >= 4 is 85.6 Å². The van der Waals surface area contributed by atoms with E-state index in [0.717, 1.165) is 42.5 Å². The highest BCUT2D eigenvalue weighted by Gasteiger charge is 2.26. The summed E-state index contributed by atoms with van der Waals surface area (Å²) in [5.41, 5.74) is -2.81. The number of para-hydroxylation sites is 1. The Bertz CT molecular complexity index is 2770. The Balaban J connectivity index is 1.66. The molecule has 8 N–H and O–H groups in total. The van der Waals surface area contributed by atoms with Crippen LogP contribution in [0.3, 0.4) is 0 Å². The molecule has 5 rings (SSSR count). The quantitative estimate of drug-likeness (QED) is 0.0663. The van der Waals surface area contributed by atoms with Crippen LogP contribution in [-0.2, 0) is 40.2 Å². The number of nitrogens with one attached hydrogen (secondary N) is 3. The van der Waals surface area contributed by atoms with E-state index >= 15 is 0 Å². The zero-order valence-electron chi connectivity index (χ0n) is 25.6. The number of phenols is 1. The van der Waals surface area contributed by atoms with Crippen LogP contribution in [0, 0.1) is 0 Å². The van der Waals surface area contributed by atoms with Crippen molar-refractivity contribution in [3.63, 3.8) is 0 Å². The number of H-pyrrole nitrogens is 1. The molecule has 52 heavy (non-hydrogen) atoms. The van der Waals surface area contributed by atoms with Gasteiger partial charge in [-0.2, -0.15) is 40.3 Å². The highest BCUT2D eigenvalue weighted by molar-refractivity contribution is 7.91. The molecule has 5 aromatic rings. The molecule has 0 radical (unpaired) electrons. The second-order valence-corrected chi connectivity index (χ2v) is 16.7. The Morgan fingerprint density at radius 2 is 1.37 bits per heavy atom. The monoisotopic (exact) mass is 797 g/mol. The summed E-state index contributed by atoms with van der Waals surface area (Å²) in [6, 6.07) is 11.7. The molecular formula is C27H23N7O14S4. The topological polar surface area (TPSA) is 345 Å². The van der Waals surface area contributed by atoms with E-state index in [4.69, 9.17) is 5.11 Å². The van der Waals surface area contributed by atoms with Crippen molar-refractivity contribution in [2.24, 2.45) is 10.2 Å². The third kappa shape index (κ3) is 8.37. The van der Waals surface area contributed by atoms with Crippen LogP contribution in [0.2, 0.25) is 0 Å². The number of aromatic nitrogens is 3. The van der Waals surface area contributed by atoms with Crippen molar-refractivity contribution in [2.45, 2.75) is 19.6 Å². The number of anilines is 4. The zero-order chi connectivity index (χ0) is 38.2. The van der Waals surface area contributed by atoms with Gasteiger partial charge in [-0.15, -0.1) is 5.11 Å². The van der Waals surface area contributed by atoms with E-state index in [1.165, 1.54) is 18.2 Å². The molecule has 21 nitrogen and oxygen atoms in total. The van der Waals surface area contributed by atoms with Crippen molar-refractivity contribution in [2.75, 3.05) is 23.0 Å².